The minimum absolute atomic E-state index is 0.0358. The van der Waals surface area contributed by atoms with Gasteiger partial charge in [-0.25, -0.2) is 9.50 Å². The second-order valence-electron chi connectivity index (χ2n) is 7.20. The molecule has 0 spiro atoms. The van der Waals surface area contributed by atoms with E-state index in [1.54, 1.807) is 0 Å². The molecule has 142 valence electrons. The van der Waals surface area contributed by atoms with Crippen molar-refractivity contribution in [1.29, 1.82) is 0 Å². The number of pyridine rings is 1. The summed E-state index contributed by atoms with van der Waals surface area (Å²) in [6.07, 6.45) is 0.986. The number of aromatic nitrogens is 4. The van der Waals surface area contributed by atoms with Crippen LogP contribution in [-0.4, -0.2) is 25.5 Å². The van der Waals surface area contributed by atoms with Crippen LogP contribution in [0.25, 0.3) is 16.6 Å². The van der Waals surface area contributed by atoms with Gasteiger partial charge in [0.1, 0.15) is 0 Å². The van der Waals surface area contributed by atoms with Crippen LogP contribution in [0.4, 0.5) is 5.69 Å². The third kappa shape index (κ3) is 3.33. The summed E-state index contributed by atoms with van der Waals surface area (Å²) in [5.41, 5.74) is 7.31. The van der Waals surface area contributed by atoms with Crippen molar-refractivity contribution < 1.29 is 4.79 Å². The lowest BCUT2D eigenvalue weighted by molar-refractivity contribution is -0.116. The van der Waals surface area contributed by atoms with Crippen molar-refractivity contribution in [2.75, 3.05) is 5.32 Å². The van der Waals surface area contributed by atoms with Gasteiger partial charge in [0.15, 0.2) is 5.65 Å². The Hall–Kier alpha value is -3.28. The number of para-hydroxylation sites is 1. The van der Waals surface area contributed by atoms with Crippen LogP contribution in [0, 0.1) is 27.7 Å². The number of anilines is 1. The van der Waals surface area contributed by atoms with Gasteiger partial charge in [0.05, 0.1) is 16.9 Å². The summed E-state index contributed by atoms with van der Waals surface area (Å²) in [4.78, 5) is 21.8. The monoisotopic (exact) mass is 373 g/mol. The van der Waals surface area contributed by atoms with Gasteiger partial charge < -0.3 is 5.32 Å². The molecule has 0 radical (unpaired) electrons. The van der Waals surface area contributed by atoms with E-state index in [-0.39, 0.29) is 5.91 Å². The number of amides is 1. The zero-order valence-electron chi connectivity index (χ0n) is 16.6. The predicted molar refractivity (Wildman–Crippen MR) is 111 cm³/mol. The highest BCUT2D eigenvalue weighted by Gasteiger charge is 2.13. The van der Waals surface area contributed by atoms with Gasteiger partial charge >= 0.3 is 0 Å². The Morgan fingerprint density at radius 1 is 1.04 bits per heavy atom. The number of carbonyl (C=O) groups excluding carboxylic acids is 1. The van der Waals surface area contributed by atoms with Crippen LogP contribution in [-0.2, 0) is 11.2 Å². The van der Waals surface area contributed by atoms with E-state index in [0.29, 0.717) is 12.8 Å². The van der Waals surface area contributed by atoms with Crippen molar-refractivity contribution in [2.24, 2.45) is 0 Å². The second-order valence-corrected chi connectivity index (χ2v) is 7.20. The van der Waals surface area contributed by atoms with Gasteiger partial charge in [-0.1, -0.05) is 18.2 Å². The van der Waals surface area contributed by atoms with Crippen LogP contribution >= 0.6 is 0 Å². The summed E-state index contributed by atoms with van der Waals surface area (Å²) in [6, 6.07) is 11.8. The molecule has 3 heterocycles. The van der Waals surface area contributed by atoms with E-state index in [1.807, 2.05) is 68.6 Å². The average Bonchev–Trinajstić information content (AvgIpc) is 3.02. The zero-order valence-corrected chi connectivity index (χ0v) is 16.6. The molecule has 0 bridgehead atoms. The Balaban J connectivity index is 1.54. The van der Waals surface area contributed by atoms with Crippen LogP contribution in [0.1, 0.15) is 34.8 Å². The third-order valence-electron chi connectivity index (χ3n) is 5.02. The molecule has 0 unspecified atom stereocenters. The van der Waals surface area contributed by atoms with E-state index < -0.39 is 0 Å². The first kappa shape index (κ1) is 18.1. The number of aryl methyl sites for hydroxylation is 4. The second kappa shape index (κ2) is 7.03. The predicted octanol–water partition coefficient (Wildman–Crippen LogP) is 4.08. The summed E-state index contributed by atoms with van der Waals surface area (Å²) >= 11 is 0. The van der Waals surface area contributed by atoms with Gasteiger partial charge in [0.2, 0.25) is 5.91 Å². The highest BCUT2D eigenvalue weighted by atomic mass is 16.1. The van der Waals surface area contributed by atoms with E-state index in [0.717, 1.165) is 50.6 Å². The molecule has 0 saturated heterocycles. The molecule has 28 heavy (non-hydrogen) atoms. The normalized spacial score (nSPS) is 11.3. The molecule has 4 rings (SSSR count). The number of benzene rings is 1. The van der Waals surface area contributed by atoms with Crippen molar-refractivity contribution >= 4 is 28.1 Å². The highest BCUT2D eigenvalue weighted by molar-refractivity contribution is 6.00. The molecule has 6 nitrogen and oxygen atoms in total. The first-order valence-corrected chi connectivity index (χ1v) is 9.41. The highest BCUT2D eigenvalue weighted by Crippen LogP contribution is 2.22. The van der Waals surface area contributed by atoms with E-state index in [1.165, 1.54) is 0 Å². The van der Waals surface area contributed by atoms with Crippen LogP contribution in [0.2, 0.25) is 0 Å². The van der Waals surface area contributed by atoms with Crippen molar-refractivity contribution in [2.45, 2.75) is 40.5 Å². The van der Waals surface area contributed by atoms with Gasteiger partial charge in [-0.05, 0) is 51.8 Å². The fraction of sp³-hybridized carbons (Fsp3) is 0.273. The number of rotatable bonds is 4. The first-order valence-electron chi connectivity index (χ1n) is 9.41. The van der Waals surface area contributed by atoms with Crippen LogP contribution in [0.5, 0.6) is 0 Å². The van der Waals surface area contributed by atoms with Gasteiger partial charge in [0.25, 0.3) is 0 Å². The zero-order chi connectivity index (χ0) is 19.8. The molecule has 1 N–H and O–H groups in total. The molecule has 6 heteroatoms. The summed E-state index contributed by atoms with van der Waals surface area (Å²) in [7, 11) is 0. The Kier molecular flexibility index (Phi) is 4.55. The smallest absolute Gasteiger partial charge is 0.224 e. The maximum Gasteiger partial charge on any atom is 0.224 e. The van der Waals surface area contributed by atoms with Gasteiger partial charge in [-0.2, -0.15) is 5.10 Å². The maximum atomic E-state index is 12.6. The SMILES string of the molecule is Cc1ccc2cccc(NC(=O)CCc3c(C)nc4cc(C)nn4c3C)c2n1. The van der Waals surface area contributed by atoms with E-state index in [4.69, 9.17) is 0 Å². The Bertz CT molecular complexity index is 1210. The fourth-order valence-corrected chi connectivity index (χ4v) is 3.60. The number of carbonyl (C=O) groups is 1. The third-order valence-corrected chi connectivity index (χ3v) is 5.02. The topological polar surface area (TPSA) is 72.2 Å². The minimum Gasteiger partial charge on any atom is -0.324 e. The quantitative estimate of drug-likeness (QED) is 0.585. The first-order chi connectivity index (χ1) is 13.4. The number of fused-ring (bicyclic) bond motifs is 2. The van der Waals surface area contributed by atoms with Crippen LogP contribution in [0.15, 0.2) is 36.4 Å². The lowest BCUT2D eigenvalue weighted by Crippen LogP contribution is -2.14. The summed E-state index contributed by atoms with van der Waals surface area (Å²) in [5.74, 6) is -0.0358. The maximum absolute atomic E-state index is 12.6. The molecule has 0 atom stereocenters. The summed E-state index contributed by atoms with van der Waals surface area (Å²) in [5, 5.41) is 8.53. The van der Waals surface area contributed by atoms with Gasteiger partial charge in [-0.15, -0.1) is 0 Å². The lowest BCUT2D eigenvalue weighted by Gasteiger charge is -2.12. The number of nitrogens with zero attached hydrogens (tertiary/aromatic N) is 4. The number of nitrogens with one attached hydrogen (secondary N) is 1. The Labute approximate surface area is 163 Å². The van der Waals surface area contributed by atoms with Gasteiger partial charge in [0, 0.05) is 35.0 Å². The molecule has 1 amide bonds. The van der Waals surface area contributed by atoms with Gasteiger partial charge in [-0.3, -0.25) is 9.78 Å². The summed E-state index contributed by atoms with van der Waals surface area (Å²) < 4.78 is 1.85. The molecule has 0 aliphatic carbocycles. The lowest BCUT2D eigenvalue weighted by atomic mass is 10.1. The van der Waals surface area contributed by atoms with E-state index >= 15 is 0 Å². The standard InChI is InChI=1S/C22H23N5O/c1-13-8-9-17-6-5-7-19(22(17)23-13)25-21(28)11-10-18-15(3)24-20-12-14(2)26-27(20)16(18)4/h5-9,12H,10-11H2,1-4H3,(H,25,28). The average molecular weight is 373 g/mol. The molecule has 1 aromatic carbocycles. The molecule has 3 aromatic heterocycles. The van der Waals surface area contributed by atoms with Crippen molar-refractivity contribution in [1.82, 2.24) is 19.6 Å². The minimum atomic E-state index is -0.0358. The molecular formula is C22H23N5O. The van der Waals surface area contributed by atoms with E-state index in [9.17, 15) is 4.79 Å². The van der Waals surface area contributed by atoms with Crippen molar-refractivity contribution in [3.05, 3.63) is 64.7 Å². The van der Waals surface area contributed by atoms with Crippen LogP contribution < -0.4 is 5.32 Å². The Morgan fingerprint density at radius 2 is 1.86 bits per heavy atom. The number of hydrogen-bond donors (Lipinski definition) is 1. The molecular weight excluding hydrogens is 350 g/mol. The summed E-state index contributed by atoms with van der Waals surface area (Å²) in [6.45, 7) is 7.92. The largest absolute Gasteiger partial charge is 0.324 e. The van der Waals surface area contributed by atoms with Crippen LogP contribution in [0.3, 0.4) is 0 Å². The van der Waals surface area contributed by atoms with E-state index in [2.05, 4.69) is 20.4 Å². The van der Waals surface area contributed by atoms with Crippen molar-refractivity contribution in [3.8, 4) is 0 Å². The fourth-order valence-electron chi connectivity index (χ4n) is 3.60. The molecule has 0 fully saturated rings. The molecule has 0 aliphatic rings. The molecule has 0 saturated carbocycles. The molecule has 0 aliphatic heterocycles. The molecule has 4 aromatic rings. The van der Waals surface area contributed by atoms with Crippen molar-refractivity contribution in [3.63, 3.8) is 0 Å². The number of hydrogen-bond acceptors (Lipinski definition) is 4. The Morgan fingerprint density at radius 3 is 2.68 bits per heavy atom.